The Kier molecular flexibility index (Phi) is 7.80. The fourth-order valence-corrected chi connectivity index (χ4v) is 4.79. The number of nitrogens with one attached hydrogen (secondary N) is 2. The van der Waals surface area contributed by atoms with E-state index in [4.69, 9.17) is 4.74 Å². The van der Waals surface area contributed by atoms with Crippen LogP contribution in [0.1, 0.15) is 18.4 Å². The van der Waals surface area contributed by atoms with Crippen LogP contribution in [0, 0.1) is 0 Å². The normalized spacial score (nSPS) is 17.4. The zero-order valence-electron chi connectivity index (χ0n) is 20.6. The molecule has 2 heterocycles. The van der Waals surface area contributed by atoms with E-state index in [2.05, 4.69) is 15.5 Å². The highest BCUT2D eigenvalue weighted by Gasteiger charge is 2.53. The van der Waals surface area contributed by atoms with Gasteiger partial charge < -0.3 is 35.2 Å². The van der Waals surface area contributed by atoms with E-state index < -0.39 is 29.7 Å². The number of carboxylic acid groups (broad SMARTS) is 1. The minimum atomic E-state index is -1.36. The van der Waals surface area contributed by atoms with Crippen LogP contribution in [0.2, 0.25) is 0 Å². The Morgan fingerprint density at radius 1 is 1.03 bits per heavy atom. The molecule has 0 radical (unpaired) electrons. The van der Waals surface area contributed by atoms with Gasteiger partial charge in [-0.3, -0.25) is 4.79 Å². The monoisotopic (exact) mass is 509 g/mol. The number of urea groups is 1. The molecule has 2 aliphatic heterocycles. The van der Waals surface area contributed by atoms with Crippen LogP contribution in [0.15, 0.2) is 60.7 Å². The van der Waals surface area contributed by atoms with E-state index in [1.807, 2.05) is 36.4 Å². The molecule has 37 heavy (non-hydrogen) atoms. The zero-order chi connectivity index (χ0) is 26.4. The summed E-state index contributed by atoms with van der Waals surface area (Å²) in [6.07, 6.45) is 0.00537. The Morgan fingerprint density at radius 2 is 1.65 bits per heavy atom. The van der Waals surface area contributed by atoms with Crippen molar-refractivity contribution in [3.05, 3.63) is 66.2 Å². The van der Waals surface area contributed by atoms with E-state index in [9.17, 15) is 24.3 Å². The topological polar surface area (TPSA) is 132 Å². The van der Waals surface area contributed by atoms with Gasteiger partial charge >= 0.3 is 18.1 Å². The number of nitrogens with zero attached hydrogens (tertiary/aromatic N) is 3. The molecule has 196 valence electrons. The molecule has 4 rings (SSSR count). The maximum atomic E-state index is 13.1. The lowest BCUT2D eigenvalue weighted by molar-refractivity contribution is -0.139. The summed E-state index contributed by atoms with van der Waals surface area (Å²) in [5, 5.41) is 14.3. The first-order chi connectivity index (χ1) is 17.8. The molecule has 3 N–H and O–H groups in total. The van der Waals surface area contributed by atoms with Crippen molar-refractivity contribution in [1.29, 1.82) is 0 Å². The number of amides is 4. The van der Waals surface area contributed by atoms with Crippen molar-refractivity contribution < 1.29 is 29.0 Å². The highest BCUT2D eigenvalue weighted by molar-refractivity contribution is 5.93. The second-order valence-corrected chi connectivity index (χ2v) is 9.21. The van der Waals surface area contributed by atoms with E-state index >= 15 is 0 Å². The van der Waals surface area contributed by atoms with Crippen molar-refractivity contribution >= 4 is 29.7 Å². The highest BCUT2D eigenvalue weighted by Crippen LogP contribution is 2.38. The molecule has 0 bridgehead atoms. The molecule has 11 heteroatoms. The zero-order valence-corrected chi connectivity index (χ0v) is 20.6. The number of aliphatic carboxylic acids is 1. The van der Waals surface area contributed by atoms with Crippen LogP contribution in [0.5, 0.6) is 0 Å². The second-order valence-electron chi connectivity index (χ2n) is 9.21. The number of hydrogen-bond donors (Lipinski definition) is 3. The Labute approximate surface area is 215 Å². The average Bonchev–Trinajstić information content (AvgIpc) is 3.16. The second kappa shape index (κ2) is 11.2. The number of likely N-dealkylation sites (N-methyl/N-ethyl adjacent to an activating group) is 1. The predicted molar refractivity (Wildman–Crippen MR) is 135 cm³/mol. The Morgan fingerprint density at radius 3 is 2.27 bits per heavy atom. The minimum Gasteiger partial charge on any atom is -0.480 e. The first kappa shape index (κ1) is 25.8. The molecular weight excluding hydrogens is 478 g/mol. The number of benzene rings is 2. The number of ether oxygens (including phenoxy) is 1. The fourth-order valence-electron chi connectivity index (χ4n) is 4.79. The van der Waals surface area contributed by atoms with Crippen molar-refractivity contribution in [3.63, 3.8) is 0 Å². The molecule has 0 aromatic heterocycles. The molecule has 2 saturated heterocycles. The van der Waals surface area contributed by atoms with Gasteiger partial charge in [0.25, 0.3) is 0 Å². The standard InChI is InChI=1S/C26H31N5O6/c1-29-18-31(20-10-6-3-7-11-20)26(23(29)34)12-14-30(15-13-26)24(35)27-16-21(22(32)33)28-25(36)37-17-19-8-4-2-5-9-19/h2-11,21H,12-18H2,1H3,(H,27,35)(H,28,36)(H,32,33). The number of hydrogen-bond acceptors (Lipinski definition) is 6. The number of anilines is 1. The Balaban J connectivity index is 1.29. The van der Waals surface area contributed by atoms with Gasteiger partial charge in [-0.05, 0) is 30.5 Å². The molecule has 2 aliphatic rings. The van der Waals surface area contributed by atoms with Crippen LogP contribution >= 0.6 is 0 Å². The molecule has 1 spiro atoms. The molecule has 1 atom stereocenters. The van der Waals surface area contributed by atoms with E-state index in [0.717, 1.165) is 11.3 Å². The average molecular weight is 510 g/mol. The largest absolute Gasteiger partial charge is 0.480 e. The molecule has 2 aromatic rings. The number of alkyl carbamates (subject to hydrolysis) is 1. The van der Waals surface area contributed by atoms with Crippen LogP contribution in [0.4, 0.5) is 15.3 Å². The van der Waals surface area contributed by atoms with Crippen LogP contribution in [-0.2, 0) is 20.9 Å². The molecule has 11 nitrogen and oxygen atoms in total. The van der Waals surface area contributed by atoms with E-state index in [0.29, 0.717) is 32.6 Å². The highest BCUT2D eigenvalue weighted by atomic mass is 16.5. The molecular formula is C26H31N5O6. The van der Waals surface area contributed by atoms with Crippen molar-refractivity contribution in [2.75, 3.05) is 38.3 Å². The Bertz CT molecular complexity index is 1120. The minimum absolute atomic E-state index is 0.00515. The molecule has 4 amide bonds. The Hall–Kier alpha value is -4.28. The van der Waals surface area contributed by atoms with Gasteiger partial charge in [0.1, 0.15) is 18.2 Å². The van der Waals surface area contributed by atoms with Crippen molar-refractivity contribution in [2.45, 2.75) is 31.0 Å². The third-order valence-corrected chi connectivity index (χ3v) is 6.82. The number of carboxylic acids is 1. The van der Waals surface area contributed by atoms with Gasteiger partial charge in [-0.1, -0.05) is 48.5 Å². The number of piperidine rings is 1. The maximum Gasteiger partial charge on any atom is 0.408 e. The number of carbonyl (C=O) groups excluding carboxylic acids is 3. The molecule has 2 aromatic carbocycles. The summed E-state index contributed by atoms with van der Waals surface area (Å²) in [5.41, 5.74) is 0.992. The van der Waals surface area contributed by atoms with E-state index in [-0.39, 0.29) is 19.1 Å². The van der Waals surface area contributed by atoms with Crippen molar-refractivity contribution in [3.8, 4) is 0 Å². The third-order valence-electron chi connectivity index (χ3n) is 6.82. The van der Waals surface area contributed by atoms with Gasteiger partial charge in [0.15, 0.2) is 0 Å². The molecule has 2 fully saturated rings. The maximum absolute atomic E-state index is 13.1. The van der Waals surface area contributed by atoms with Crippen molar-refractivity contribution in [1.82, 2.24) is 20.4 Å². The summed E-state index contributed by atoms with van der Waals surface area (Å²) in [6.45, 7) is 0.822. The molecule has 1 unspecified atom stereocenters. The number of rotatable bonds is 7. The summed E-state index contributed by atoms with van der Waals surface area (Å²) in [5.74, 6) is -1.27. The predicted octanol–water partition coefficient (Wildman–Crippen LogP) is 1.85. The lowest BCUT2D eigenvalue weighted by atomic mass is 9.85. The lowest BCUT2D eigenvalue weighted by Crippen LogP contribution is -2.59. The van der Waals surface area contributed by atoms with E-state index in [1.165, 1.54) is 0 Å². The quantitative estimate of drug-likeness (QED) is 0.519. The van der Waals surface area contributed by atoms with Crippen LogP contribution in [0.3, 0.4) is 0 Å². The molecule has 0 saturated carbocycles. The summed E-state index contributed by atoms with van der Waals surface area (Å²) < 4.78 is 5.07. The number of para-hydroxylation sites is 1. The van der Waals surface area contributed by atoms with Gasteiger partial charge in [-0.2, -0.15) is 0 Å². The van der Waals surface area contributed by atoms with Gasteiger partial charge in [0.2, 0.25) is 5.91 Å². The van der Waals surface area contributed by atoms with Gasteiger partial charge in [0.05, 0.1) is 13.2 Å². The smallest absolute Gasteiger partial charge is 0.408 e. The first-order valence-corrected chi connectivity index (χ1v) is 12.1. The molecule has 0 aliphatic carbocycles. The lowest BCUT2D eigenvalue weighted by Gasteiger charge is -2.43. The SMILES string of the molecule is CN1CN(c2ccccc2)C2(CCN(C(=O)NCC(NC(=O)OCc3ccccc3)C(=O)O)CC2)C1=O. The van der Waals surface area contributed by atoms with Crippen LogP contribution in [0.25, 0.3) is 0 Å². The summed E-state index contributed by atoms with van der Waals surface area (Å²) in [6, 6.07) is 16.9. The number of carbonyl (C=O) groups is 4. The summed E-state index contributed by atoms with van der Waals surface area (Å²) in [7, 11) is 1.77. The van der Waals surface area contributed by atoms with Gasteiger partial charge in [-0.25, -0.2) is 14.4 Å². The number of likely N-dealkylation sites (tertiary alicyclic amines) is 1. The van der Waals surface area contributed by atoms with Crippen molar-refractivity contribution in [2.24, 2.45) is 0 Å². The van der Waals surface area contributed by atoms with Crippen LogP contribution < -0.4 is 15.5 Å². The summed E-state index contributed by atoms with van der Waals surface area (Å²) >= 11 is 0. The summed E-state index contributed by atoms with van der Waals surface area (Å²) in [4.78, 5) is 55.0. The fraction of sp³-hybridized carbons (Fsp3) is 0.385. The first-order valence-electron chi connectivity index (χ1n) is 12.1. The van der Waals surface area contributed by atoms with Gasteiger partial charge in [-0.15, -0.1) is 0 Å². The van der Waals surface area contributed by atoms with E-state index in [1.54, 1.807) is 41.1 Å². The van der Waals surface area contributed by atoms with Crippen LogP contribution in [-0.4, -0.2) is 83.8 Å². The third kappa shape index (κ3) is 5.76. The van der Waals surface area contributed by atoms with Gasteiger partial charge in [0, 0.05) is 25.8 Å².